The summed E-state index contributed by atoms with van der Waals surface area (Å²) >= 11 is 0. The van der Waals surface area contributed by atoms with Crippen molar-refractivity contribution in [2.45, 2.75) is 38.0 Å². The quantitative estimate of drug-likeness (QED) is 0.389. The van der Waals surface area contributed by atoms with Crippen molar-refractivity contribution >= 4 is 11.7 Å². The molecular weight excluding hydrogens is 486 g/mol. The third-order valence-electron chi connectivity index (χ3n) is 7.40. The molecule has 2 heterocycles. The first-order valence-electron chi connectivity index (χ1n) is 12.7. The highest BCUT2D eigenvalue weighted by Gasteiger charge is 2.40. The number of nitrogens with one attached hydrogen (secondary N) is 1. The van der Waals surface area contributed by atoms with Crippen LogP contribution in [-0.2, 0) is 20.9 Å². The molecule has 0 radical (unpaired) electrons. The first-order valence-corrected chi connectivity index (χ1v) is 12.7. The Hall–Kier alpha value is -3.75. The zero-order chi connectivity index (χ0) is 26.7. The van der Waals surface area contributed by atoms with Gasteiger partial charge in [0.1, 0.15) is 35.5 Å². The molecule has 2 aliphatic rings. The standard InChI is InChI=1S/C30H33NO7/c1-19-26(34-2)15-20(16-27(19)35-3)23-9-8-22(31-30(29(32)33)10-12-36-13-11-30)14-21(23)17-37-28-18-38-25-7-5-4-6-24(25)28/h4-9,14-16,28,31H,10-13,17-18H2,1-3H3,(H,32,33)/t28-/m1/s1. The van der Waals surface area contributed by atoms with Gasteiger partial charge in [0.05, 0.1) is 20.8 Å². The van der Waals surface area contributed by atoms with Crippen LogP contribution in [0.4, 0.5) is 5.69 Å². The van der Waals surface area contributed by atoms with E-state index < -0.39 is 11.5 Å². The molecule has 0 aromatic heterocycles. The SMILES string of the molecule is COc1cc(-c2ccc(NC3(C(=O)O)CCOCC3)cc2CO[C@@H]2COc3ccccc32)cc(OC)c1C. The van der Waals surface area contributed by atoms with E-state index in [0.717, 1.165) is 45.1 Å². The van der Waals surface area contributed by atoms with Gasteiger partial charge in [-0.3, -0.25) is 0 Å². The second-order valence-corrected chi connectivity index (χ2v) is 9.65. The molecule has 3 aromatic carbocycles. The van der Waals surface area contributed by atoms with E-state index >= 15 is 0 Å². The van der Waals surface area contributed by atoms with Crippen LogP contribution in [-0.4, -0.2) is 50.7 Å². The number of hydrogen-bond donors (Lipinski definition) is 2. The van der Waals surface area contributed by atoms with Crippen LogP contribution in [0.5, 0.6) is 17.2 Å². The first-order chi connectivity index (χ1) is 18.4. The molecule has 0 spiro atoms. The number of benzene rings is 3. The molecule has 38 heavy (non-hydrogen) atoms. The average Bonchev–Trinajstić information content (AvgIpc) is 3.36. The van der Waals surface area contributed by atoms with Crippen LogP contribution >= 0.6 is 0 Å². The van der Waals surface area contributed by atoms with E-state index in [2.05, 4.69) is 5.32 Å². The Balaban J connectivity index is 1.51. The van der Waals surface area contributed by atoms with Crippen molar-refractivity contribution in [3.8, 4) is 28.4 Å². The molecule has 0 unspecified atom stereocenters. The van der Waals surface area contributed by atoms with Gasteiger partial charge < -0.3 is 34.1 Å². The fourth-order valence-corrected chi connectivity index (χ4v) is 5.16. The van der Waals surface area contributed by atoms with Crippen molar-refractivity contribution in [2.75, 3.05) is 39.4 Å². The van der Waals surface area contributed by atoms with Crippen molar-refractivity contribution in [3.05, 3.63) is 71.3 Å². The van der Waals surface area contributed by atoms with Crippen molar-refractivity contribution in [3.63, 3.8) is 0 Å². The molecule has 1 saturated heterocycles. The van der Waals surface area contributed by atoms with Crippen LogP contribution in [0, 0.1) is 6.92 Å². The Morgan fingerprint density at radius 1 is 1.05 bits per heavy atom. The summed E-state index contributed by atoms with van der Waals surface area (Å²) in [4.78, 5) is 12.3. The van der Waals surface area contributed by atoms with Gasteiger partial charge >= 0.3 is 5.97 Å². The van der Waals surface area contributed by atoms with Crippen molar-refractivity contribution in [2.24, 2.45) is 0 Å². The molecular formula is C30H33NO7. The molecule has 5 rings (SSSR count). The molecule has 0 bridgehead atoms. The van der Waals surface area contributed by atoms with E-state index in [4.69, 9.17) is 23.7 Å². The van der Waals surface area contributed by atoms with Gasteiger partial charge in [-0.1, -0.05) is 24.3 Å². The van der Waals surface area contributed by atoms with Gasteiger partial charge in [-0.05, 0) is 53.9 Å². The van der Waals surface area contributed by atoms with Crippen molar-refractivity contribution < 1.29 is 33.6 Å². The number of hydrogen-bond acceptors (Lipinski definition) is 7. The van der Waals surface area contributed by atoms with Crippen LogP contribution in [0.2, 0.25) is 0 Å². The van der Waals surface area contributed by atoms with Crippen LogP contribution < -0.4 is 19.5 Å². The number of rotatable bonds is 9. The molecule has 3 aromatic rings. The molecule has 0 saturated carbocycles. The molecule has 200 valence electrons. The summed E-state index contributed by atoms with van der Waals surface area (Å²) < 4.78 is 28.8. The molecule has 2 aliphatic heterocycles. The fourth-order valence-electron chi connectivity index (χ4n) is 5.16. The number of carboxylic acids is 1. The maximum atomic E-state index is 12.3. The Labute approximate surface area is 222 Å². The maximum absolute atomic E-state index is 12.3. The molecule has 8 heteroatoms. The fraction of sp³-hybridized carbons (Fsp3) is 0.367. The molecule has 1 fully saturated rings. The van der Waals surface area contributed by atoms with Crippen molar-refractivity contribution in [1.29, 1.82) is 0 Å². The van der Waals surface area contributed by atoms with E-state index in [-0.39, 0.29) is 6.10 Å². The lowest BCUT2D eigenvalue weighted by atomic mass is 9.89. The third kappa shape index (κ3) is 5.01. The minimum absolute atomic E-state index is 0.196. The number of carboxylic acid groups (broad SMARTS) is 1. The lowest BCUT2D eigenvalue weighted by Gasteiger charge is -2.35. The minimum Gasteiger partial charge on any atom is -0.496 e. The lowest BCUT2D eigenvalue weighted by Crippen LogP contribution is -2.50. The Kier molecular flexibility index (Phi) is 7.44. The summed E-state index contributed by atoms with van der Waals surface area (Å²) in [7, 11) is 3.28. The number of aliphatic carboxylic acids is 1. The maximum Gasteiger partial charge on any atom is 0.329 e. The van der Waals surface area contributed by atoms with Crippen LogP contribution in [0.3, 0.4) is 0 Å². The zero-order valence-electron chi connectivity index (χ0n) is 21.9. The van der Waals surface area contributed by atoms with Gasteiger partial charge in [0.25, 0.3) is 0 Å². The second-order valence-electron chi connectivity index (χ2n) is 9.65. The summed E-state index contributed by atoms with van der Waals surface area (Å²) in [6.07, 6.45) is 0.579. The molecule has 8 nitrogen and oxygen atoms in total. The van der Waals surface area contributed by atoms with Gasteiger partial charge in [-0.15, -0.1) is 0 Å². The topological polar surface area (TPSA) is 95.5 Å². The van der Waals surface area contributed by atoms with E-state index in [1.54, 1.807) is 14.2 Å². The summed E-state index contributed by atoms with van der Waals surface area (Å²) in [5, 5.41) is 13.4. The Morgan fingerprint density at radius 2 is 1.76 bits per heavy atom. The largest absolute Gasteiger partial charge is 0.496 e. The highest BCUT2D eigenvalue weighted by molar-refractivity contribution is 5.83. The van der Waals surface area contributed by atoms with Crippen LogP contribution in [0.25, 0.3) is 11.1 Å². The number of carbonyl (C=O) groups is 1. The predicted molar refractivity (Wildman–Crippen MR) is 143 cm³/mol. The van der Waals surface area contributed by atoms with Crippen molar-refractivity contribution in [1.82, 2.24) is 0 Å². The third-order valence-corrected chi connectivity index (χ3v) is 7.40. The normalized spacial score (nSPS) is 17.8. The van der Waals surface area contributed by atoms with Gasteiger partial charge in [0.2, 0.25) is 0 Å². The van der Waals surface area contributed by atoms with Gasteiger partial charge in [0.15, 0.2) is 0 Å². The smallest absolute Gasteiger partial charge is 0.329 e. The monoisotopic (exact) mass is 519 g/mol. The van der Waals surface area contributed by atoms with Crippen LogP contribution in [0.1, 0.15) is 35.6 Å². The van der Waals surface area contributed by atoms with Gasteiger partial charge in [-0.2, -0.15) is 0 Å². The Bertz CT molecular complexity index is 1290. The molecule has 0 aliphatic carbocycles. The zero-order valence-corrected chi connectivity index (χ0v) is 21.9. The molecule has 1 atom stereocenters. The van der Waals surface area contributed by atoms with E-state index in [0.29, 0.717) is 45.0 Å². The minimum atomic E-state index is -1.08. The average molecular weight is 520 g/mol. The number of fused-ring (bicyclic) bond motifs is 1. The lowest BCUT2D eigenvalue weighted by molar-refractivity contribution is -0.145. The highest BCUT2D eigenvalue weighted by Crippen LogP contribution is 2.39. The second kappa shape index (κ2) is 10.9. The predicted octanol–water partition coefficient (Wildman–Crippen LogP) is 5.38. The number of methoxy groups -OCH3 is 2. The Morgan fingerprint density at radius 3 is 2.45 bits per heavy atom. The number of para-hydroxylation sites is 1. The summed E-state index contributed by atoms with van der Waals surface area (Å²) in [6, 6.07) is 17.7. The van der Waals surface area contributed by atoms with Gasteiger partial charge in [0, 0.05) is 42.9 Å². The molecule has 0 amide bonds. The number of ether oxygens (including phenoxy) is 5. The number of anilines is 1. The van der Waals surface area contributed by atoms with E-state index in [1.807, 2.05) is 61.5 Å². The van der Waals surface area contributed by atoms with E-state index in [9.17, 15) is 9.90 Å². The summed E-state index contributed by atoms with van der Waals surface area (Å²) in [6.45, 7) is 3.50. The van der Waals surface area contributed by atoms with Gasteiger partial charge in [-0.25, -0.2) is 4.79 Å². The highest BCUT2D eigenvalue weighted by atomic mass is 16.5. The van der Waals surface area contributed by atoms with Crippen LogP contribution in [0.15, 0.2) is 54.6 Å². The molecule has 2 N–H and O–H groups in total. The first kappa shape index (κ1) is 25.9. The summed E-state index contributed by atoms with van der Waals surface area (Å²) in [5.74, 6) is 1.40. The summed E-state index contributed by atoms with van der Waals surface area (Å²) in [5.41, 5.74) is 4.33. The van der Waals surface area contributed by atoms with E-state index in [1.165, 1.54) is 0 Å².